The van der Waals surface area contributed by atoms with Crippen molar-refractivity contribution in [3.8, 4) is 0 Å². The highest BCUT2D eigenvalue weighted by Gasteiger charge is 2.20. The van der Waals surface area contributed by atoms with Crippen molar-refractivity contribution >= 4 is 21.6 Å². The van der Waals surface area contributed by atoms with E-state index in [4.69, 9.17) is 0 Å². The van der Waals surface area contributed by atoms with Crippen LogP contribution in [0.25, 0.3) is 5.65 Å². The Morgan fingerprint density at radius 1 is 1.44 bits per heavy atom. The number of rotatable bonds is 4. The summed E-state index contributed by atoms with van der Waals surface area (Å²) in [6, 6.07) is 4.04. The van der Waals surface area contributed by atoms with Gasteiger partial charge in [0.05, 0.1) is 11.9 Å². The molecule has 1 fully saturated rings. The molecule has 0 aromatic carbocycles. The van der Waals surface area contributed by atoms with Gasteiger partial charge < -0.3 is 9.72 Å². The maximum Gasteiger partial charge on any atom is 0.136 e. The summed E-state index contributed by atoms with van der Waals surface area (Å²) in [4.78, 5) is 4.38. The van der Waals surface area contributed by atoms with Crippen molar-refractivity contribution in [2.75, 3.05) is 6.54 Å². The third-order valence-corrected chi connectivity index (χ3v) is 3.45. The second-order valence-corrected chi connectivity index (χ2v) is 5.32. The van der Waals surface area contributed by atoms with E-state index in [1.54, 1.807) is 0 Å². The Labute approximate surface area is 103 Å². The number of hydrogen-bond donors (Lipinski definition) is 1. The summed E-state index contributed by atoms with van der Waals surface area (Å²) in [5, 5.41) is 3.49. The maximum atomic E-state index is 4.38. The van der Waals surface area contributed by atoms with Crippen LogP contribution in [0.3, 0.4) is 0 Å². The van der Waals surface area contributed by atoms with Crippen molar-refractivity contribution in [2.45, 2.75) is 19.4 Å². The summed E-state index contributed by atoms with van der Waals surface area (Å²) in [5.74, 6) is 0.922. The average Bonchev–Trinajstić information content (AvgIpc) is 3.01. The Hall–Kier alpha value is -0.870. The lowest BCUT2D eigenvalue weighted by atomic mass is 10.4. The van der Waals surface area contributed by atoms with Gasteiger partial charge in [0.25, 0.3) is 0 Å². The number of halogens is 1. The number of aromatic nitrogens is 2. The number of imidazole rings is 1. The number of nitrogens with zero attached hydrogens (tertiary/aromatic N) is 2. The molecule has 1 N–H and O–H groups in total. The van der Waals surface area contributed by atoms with E-state index in [0.29, 0.717) is 0 Å². The van der Waals surface area contributed by atoms with Crippen LogP contribution in [0.4, 0.5) is 0 Å². The zero-order valence-corrected chi connectivity index (χ0v) is 10.6. The molecule has 1 aliphatic rings. The van der Waals surface area contributed by atoms with Gasteiger partial charge in [-0.05, 0) is 53.4 Å². The largest absolute Gasteiger partial charge is 0.311 e. The minimum absolute atomic E-state index is 0.897. The average molecular weight is 280 g/mol. The van der Waals surface area contributed by atoms with Gasteiger partial charge in [0.1, 0.15) is 5.65 Å². The molecule has 1 saturated carbocycles. The highest BCUT2D eigenvalue weighted by atomic mass is 79.9. The molecule has 2 aromatic heterocycles. The van der Waals surface area contributed by atoms with Gasteiger partial charge in [-0.25, -0.2) is 4.98 Å². The van der Waals surface area contributed by atoms with Crippen LogP contribution < -0.4 is 5.32 Å². The molecule has 0 aliphatic heterocycles. The monoisotopic (exact) mass is 279 g/mol. The van der Waals surface area contributed by atoms with Crippen LogP contribution in [0.2, 0.25) is 0 Å². The molecule has 0 amide bonds. The highest BCUT2D eigenvalue weighted by Crippen LogP contribution is 2.27. The zero-order chi connectivity index (χ0) is 11.0. The van der Waals surface area contributed by atoms with Crippen molar-refractivity contribution < 1.29 is 0 Å². The zero-order valence-electron chi connectivity index (χ0n) is 8.99. The van der Waals surface area contributed by atoms with Crippen molar-refractivity contribution in [1.29, 1.82) is 0 Å². The molecule has 1 aliphatic carbocycles. The fourth-order valence-electron chi connectivity index (χ4n) is 1.86. The molecule has 3 rings (SSSR count). The normalized spacial score (nSPS) is 15.8. The number of fused-ring (bicyclic) bond motifs is 1. The summed E-state index contributed by atoms with van der Waals surface area (Å²) < 4.78 is 3.21. The molecular weight excluding hydrogens is 266 g/mol. The van der Waals surface area contributed by atoms with E-state index >= 15 is 0 Å². The third-order valence-electron chi connectivity index (χ3n) is 2.98. The molecule has 0 atom stereocenters. The van der Waals surface area contributed by atoms with Crippen LogP contribution in [0.15, 0.2) is 29.0 Å². The lowest BCUT2D eigenvalue weighted by molar-refractivity contribution is 0.627. The molecule has 0 spiro atoms. The Balaban J connectivity index is 1.76. The molecule has 4 heteroatoms. The van der Waals surface area contributed by atoms with Gasteiger partial charge in [0.15, 0.2) is 0 Å². The lowest BCUT2D eigenvalue weighted by Crippen LogP contribution is -2.17. The van der Waals surface area contributed by atoms with Crippen LogP contribution in [-0.2, 0) is 6.54 Å². The summed E-state index contributed by atoms with van der Waals surface area (Å²) in [7, 11) is 0. The van der Waals surface area contributed by atoms with Crippen molar-refractivity contribution in [2.24, 2.45) is 5.92 Å². The first kappa shape index (κ1) is 10.3. The van der Waals surface area contributed by atoms with Crippen molar-refractivity contribution in [3.05, 3.63) is 34.7 Å². The van der Waals surface area contributed by atoms with E-state index < -0.39 is 0 Å². The summed E-state index contributed by atoms with van der Waals surface area (Å²) >= 11 is 3.48. The molecule has 0 radical (unpaired) electrons. The molecule has 0 unspecified atom stereocenters. The predicted molar refractivity (Wildman–Crippen MR) is 67.3 cm³/mol. The molecule has 3 nitrogen and oxygen atoms in total. The van der Waals surface area contributed by atoms with Gasteiger partial charge in [-0.2, -0.15) is 0 Å². The van der Waals surface area contributed by atoms with E-state index in [0.717, 1.165) is 29.1 Å². The Kier molecular flexibility index (Phi) is 2.69. The first-order chi connectivity index (χ1) is 7.83. The Bertz CT molecular complexity index is 502. The molecule has 2 aromatic rings. The molecular formula is C12H14BrN3. The first-order valence-corrected chi connectivity index (χ1v) is 6.44. The lowest BCUT2D eigenvalue weighted by Gasteiger charge is -2.04. The Morgan fingerprint density at radius 3 is 3.12 bits per heavy atom. The summed E-state index contributed by atoms with van der Waals surface area (Å²) in [6.45, 7) is 2.04. The van der Waals surface area contributed by atoms with E-state index in [9.17, 15) is 0 Å². The molecule has 84 valence electrons. The van der Waals surface area contributed by atoms with Gasteiger partial charge >= 0.3 is 0 Å². The van der Waals surface area contributed by atoms with E-state index in [1.807, 2.05) is 18.3 Å². The van der Waals surface area contributed by atoms with E-state index in [-0.39, 0.29) is 0 Å². The Morgan fingerprint density at radius 2 is 2.31 bits per heavy atom. The smallest absolute Gasteiger partial charge is 0.136 e. The predicted octanol–water partition coefficient (Wildman–Crippen LogP) is 2.60. The van der Waals surface area contributed by atoms with Crippen LogP contribution >= 0.6 is 15.9 Å². The number of pyridine rings is 1. The van der Waals surface area contributed by atoms with E-state index in [2.05, 4.69) is 36.8 Å². The van der Waals surface area contributed by atoms with Gasteiger partial charge in [-0.15, -0.1) is 0 Å². The summed E-state index contributed by atoms with van der Waals surface area (Å²) in [5.41, 5.74) is 2.23. The molecule has 16 heavy (non-hydrogen) atoms. The van der Waals surface area contributed by atoms with E-state index in [1.165, 1.54) is 18.5 Å². The van der Waals surface area contributed by atoms with Crippen LogP contribution in [-0.4, -0.2) is 15.9 Å². The number of nitrogens with one attached hydrogen (secondary N) is 1. The summed E-state index contributed by atoms with van der Waals surface area (Å²) in [6.07, 6.45) is 6.80. The van der Waals surface area contributed by atoms with Gasteiger partial charge in [-0.1, -0.05) is 0 Å². The standard InChI is InChI=1S/C12H14BrN3/c13-10-3-4-12-15-7-11(16(12)8-10)6-14-5-9-1-2-9/h3-4,7-9,14H,1-2,5-6H2. The molecule has 0 saturated heterocycles. The minimum atomic E-state index is 0.897. The van der Waals surface area contributed by atoms with Crippen LogP contribution in [0.5, 0.6) is 0 Å². The van der Waals surface area contributed by atoms with Crippen molar-refractivity contribution in [1.82, 2.24) is 14.7 Å². The second-order valence-electron chi connectivity index (χ2n) is 4.40. The molecule has 2 heterocycles. The van der Waals surface area contributed by atoms with Crippen LogP contribution in [0.1, 0.15) is 18.5 Å². The van der Waals surface area contributed by atoms with Gasteiger partial charge in [0, 0.05) is 17.2 Å². The maximum absolute atomic E-state index is 4.38. The van der Waals surface area contributed by atoms with Crippen molar-refractivity contribution in [3.63, 3.8) is 0 Å². The first-order valence-electron chi connectivity index (χ1n) is 5.65. The SMILES string of the molecule is Brc1ccc2ncc(CNCC3CC3)n2c1. The van der Waals surface area contributed by atoms with Gasteiger partial charge in [-0.3, -0.25) is 0 Å². The minimum Gasteiger partial charge on any atom is -0.311 e. The van der Waals surface area contributed by atoms with Gasteiger partial charge in [0.2, 0.25) is 0 Å². The fraction of sp³-hybridized carbons (Fsp3) is 0.417. The quantitative estimate of drug-likeness (QED) is 0.932. The number of hydrogen-bond acceptors (Lipinski definition) is 2. The fourth-order valence-corrected chi connectivity index (χ4v) is 2.20. The topological polar surface area (TPSA) is 29.3 Å². The van der Waals surface area contributed by atoms with Crippen LogP contribution in [0, 0.1) is 5.92 Å². The third kappa shape index (κ3) is 2.13. The highest BCUT2D eigenvalue weighted by molar-refractivity contribution is 9.10. The second kappa shape index (κ2) is 4.18. The molecule has 0 bridgehead atoms.